The van der Waals surface area contributed by atoms with E-state index in [0.717, 1.165) is 12.8 Å². The zero-order valence-electron chi connectivity index (χ0n) is 17.1. The first kappa shape index (κ1) is 20.1. The molecule has 0 aromatic heterocycles. The highest BCUT2D eigenvalue weighted by Gasteiger charge is 2.26. The third-order valence-corrected chi connectivity index (χ3v) is 5.36. The molecule has 2 aliphatic heterocycles. The maximum Gasteiger partial charge on any atom is 0.260 e. The monoisotopic (exact) mass is 410 g/mol. The second-order valence-corrected chi connectivity index (χ2v) is 7.42. The second-order valence-electron chi connectivity index (χ2n) is 7.42. The molecule has 0 atom stereocenters. The van der Waals surface area contributed by atoms with Crippen molar-refractivity contribution in [2.45, 2.75) is 19.8 Å². The first-order valence-corrected chi connectivity index (χ1v) is 10.3. The summed E-state index contributed by atoms with van der Waals surface area (Å²) >= 11 is 0. The fourth-order valence-corrected chi connectivity index (χ4v) is 3.65. The SMILES string of the molecule is CCCc1ccc(OCC(=O)N2CCN(C(=O)c3ccc4c(c3)OCO4)CC2)cc1. The predicted molar refractivity (Wildman–Crippen MR) is 111 cm³/mol. The lowest BCUT2D eigenvalue weighted by Gasteiger charge is -2.34. The van der Waals surface area contributed by atoms with Crippen LogP contribution in [0.1, 0.15) is 29.3 Å². The van der Waals surface area contributed by atoms with E-state index in [9.17, 15) is 9.59 Å². The molecule has 0 bridgehead atoms. The number of aryl methyl sites for hydroxylation is 1. The van der Waals surface area contributed by atoms with E-state index < -0.39 is 0 Å². The highest BCUT2D eigenvalue weighted by molar-refractivity contribution is 5.95. The van der Waals surface area contributed by atoms with Crippen molar-refractivity contribution in [1.29, 1.82) is 0 Å². The Morgan fingerprint density at radius 1 is 0.933 bits per heavy atom. The van der Waals surface area contributed by atoms with Gasteiger partial charge in [-0.2, -0.15) is 0 Å². The Hall–Kier alpha value is -3.22. The van der Waals surface area contributed by atoms with Crippen LogP contribution in [0, 0.1) is 0 Å². The van der Waals surface area contributed by atoms with Gasteiger partial charge >= 0.3 is 0 Å². The molecule has 0 spiro atoms. The minimum atomic E-state index is -0.0668. The fourth-order valence-electron chi connectivity index (χ4n) is 3.65. The molecule has 1 saturated heterocycles. The maximum atomic E-state index is 12.8. The number of nitrogens with zero attached hydrogens (tertiary/aromatic N) is 2. The summed E-state index contributed by atoms with van der Waals surface area (Å²) in [5.74, 6) is 1.81. The third kappa shape index (κ3) is 4.50. The van der Waals surface area contributed by atoms with Crippen LogP contribution in [0.25, 0.3) is 0 Å². The van der Waals surface area contributed by atoms with Gasteiger partial charge in [0.2, 0.25) is 6.79 Å². The van der Waals surface area contributed by atoms with E-state index >= 15 is 0 Å². The molecule has 7 nitrogen and oxygen atoms in total. The van der Waals surface area contributed by atoms with Gasteiger partial charge in [0, 0.05) is 31.7 Å². The lowest BCUT2D eigenvalue weighted by molar-refractivity contribution is -0.134. The summed E-state index contributed by atoms with van der Waals surface area (Å²) in [5.41, 5.74) is 1.83. The third-order valence-electron chi connectivity index (χ3n) is 5.36. The Kier molecular flexibility index (Phi) is 6.07. The van der Waals surface area contributed by atoms with Crippen molar-refractivity contribution in [3.63, 3.8) is 0 Å². The summed E-state index contributed by atoms with van der Waals surface area (Å²) in [5, 5.41) is 0. The predicted octanol–water partition coefficient (Wildman–Crippen LogP) is 2.73. The lowest BCUT2D eigenvalue weighted by Crippen LogP contribution is -2.51. The molecule has 30 heavy (non-hydrogen) atoms. The van der Waals surface area contributed by atoms with Crippen LogP contribution in [0.3, 0.4) is 0 Å². The van der Waals surface area contributed by atoms with Crippen LogP contribution < -0.4 is 14.2 Å². The quantitative estimate of drug-likeness (QED) is 0.733. The zero-order valence-corrected chi connectivity index (χ0v) is 17.1. The molecule has 2 aliphatic rings. The zero-order chi connectivity index (χ0) is 20.9. The molecule has 0 radical (unpaired) electrons. The van der Waals surface area contributed by atoms with E-state index in [1.165, 1.54) is 5.56 Å². The van der Waals surface area contributed by atoms with Gasteiger partial charge in [0.15, 0.2) is 18.1 Å². The van der Waals surface area contributed by atoms with Crippen LogP contribution in [0.2, 0.25) is 0 Å². The number of rotatable bonds is 6. The summed E-state index contributed by atoms with van der Waals surface area (Å²) < 4.78 is 16.3. The average molecular weight is 410 g/mol. The smallest absolute Gasteiger partial charge is 0.260 e. The van der Waals surface area contributed by atoms with Gasteiger partial charge < -0.3 is 24.0 Å². The molecule has 7 heteroatoms. The second kappa shape index (κ2) is 9.07. The van der Waals surface area contributed by atoms with E-state index in [4.69, 9.17) is 14.2 Å². The van der Waals surface area contributed by atoms with E-state index in [0.29, 0.717) is 49.0 Å². The minimum Gasteiger partial charge on any atom is -0.484 e. The Balaban J connectivity index is 1.25. The Morgan fingerprint density at radius 3 is 2.37 bits per heavy atom. The topological polar surface area (TPSA) is 68.3 Å². The van der Waals surface area contributed by atoms with Crippen molar-refractivity contribution in [2.24, 2.45) is 0 Å². The van der Waals surface area contributed by atoms with Crippen molar-refractivity contribution in [1.82, 2.24) is 9.80 Å². The van der Waals surface area contributed by atoms with Crippen LogP contribution in [0.15, 0.2) is 42.5 Å². The number of benzene rings is 2. The van der Waals surface area contributed by atoms with Crippen molar-refractivity contribution >= 4 is 11.8 Å². The van der Waals surface area contributed by atoms with Crippen LogP contribution in [0.5, 0.6) is 17.2 Å². The number of carbonyl (C=O) groups is 2. The van der Waals surface area contributed by atoms with E-state index in [2.05, 4.69) is 6.92 Å². The molecular formula is C23H26N2O5. The normalized spacial score (nSPS) is 15.2. The van der Waals surface area contributed by atoms with Gasteiger partial charge in [0.25, 0.3) is 11.8 Å². The van der Waals surface area contributed by atoms with Crippen molar-refractivity contribution in [3.05, 3.63) is 53.6 Å². The number of fused-ring (bicyclic) bond motifs is 1. The number of amides is 2. The summed E-state index contributed by atoms with van der Waals surface area (Å²) in [6, 6.07) is 13.1. The van der Waals surface area contributed by atoms with Gasteiger partial charge in [0.1, 0.15) is 5.75 Å². The maximum absolute atomic E-state index is 12.8. The summed E-state index contributed by atoms with van der Waals surface area (Å²) in [6.07, 6.45) is 2.14. The molecule has 2 heterocycles. The number of hydrogen-bond acceptors (Lipinski definition) is 5. The lowest BCUT2D eigenvalue weighted by atomic mass is 10.1. The van der Waals surface area contributed by atoms with Crippen molar-refractivity contribution in [3.8, 4) is 17.2 Å². The van der Waals surface area contributed by atoms with Crippen LogP contribution >= 0.6 is 0 Å². The molecule has 2 aromatic carbocycles. The van der Waals surface area contributed by atoms with Gasteiger partial charge in [-0.3, -0.25) is 9.59 Å². The molecule has 1 fully saturated rings. The fraction of sp³-hybridized carbons (Fsp3) is 0.391. The van der Waals surface area contributed by atoms with Gasteiger partial charge in [0.05, 0.1) is 0 Å². The summed E-state index contributed by atoms with van der Waals surface area (Å²) in [6.45, 7) is 4.30. The summed E-state index contributed by atoms with van der Waals surface area (Å²) in [7, 11) is 0. The Labute approximate surface area is 176 Å². The van der Waals surface area contributed by atoms with Gasteiger partial charge in [-0.05, 0) is 42.3 Å². The first-order valence-electron chi connectivity index (χ1n) is 10.3. The van der Waals surface area contributed by atoms with Crippen molar-refractivity contribution < 1.29 is 23.8 Å². The molecule has 0 unspecified atom stereocenters. The number of hydrogen-bond donors (Lipinski definition) is 0. The van der Waals surface area contributed by atoms with Gasteiger partial charge in [-0.25, -0.2) is 0 Å². The minimum absolute atomic E-state index is 0.00321. The first-order chi connectivity index (χ1) is 14.6. The molecular weight excluding hydrogens is 384 g/mol. The highest BCUT2D eigenvalue weighted by Crippen LogP contribution is 2.32. The number of ether oxygens (including phenoxy) is 3. The molecule has 0 N–H and O–H groups in total. The van der Waals surface area contributed by atoms with Crippen LogP contribution in [-0.2, 0) is 11.2 Å². The standard InChI is InChI=1S/C23H26N2O5/c1-2-3-17-4-7-19(8-5-17)28-15-22(26)24-10-12-25(13-11-24)23(27)18-6-9-20-21(14-18)30-16-29-20/h4-9,14H,2-3,10-13,15-16H2,1H3. The molecule has 2 aromatic rings. The van der Waals surface area contributed by atoms with Gasteiger partial charge in [-0.1, -0.05) is 25.5 Å². The largest absolute Gasteiger partial charge is 0.484 e. The number of carbonyl (C=O) groups excluding carboxylic acids is 2. The van der Waals surface area contributed by atoms with E-state index in [1.807, 2.05) is 24.3 Å². The summed E-state index contributed by atoms with van der Waals surface area (Å²) in [4.78, 5) is 28.7. The van der Waals surface area contributed by atoms with Crippen LogP contribution in [0.4, 0.5) is 0 Å². The van der Waals surface area contributed by atoms with E-state index in [1.54, 1.807) is 28.0 Å². The molecule has 158 valence electrons. The van der Waals surface area contributed by atoms with E-state index in [-0.39, 0.29) is 25.2 Å². The Bertz CT molecular complexity index is 904. The van der Waals surface area contributed by atoms with Crippen molar-refractivity contribution in [2.75, 3.05) is 39.6 Å². The van der Waals surface area contributed by atoms with Crippen LogP contribution in [-0.4, -0.2) is 61.2 Å². The molecule has 0 aliphatic carbocycles. The number of piperazine rings is 1. The molecule has 2 amide bonds. The van der Waals surface area contributed by atoms with Gasteiger partial charge in [-0.15, -0.1) is 0 Å². The molecule has 4 rings (SSSR count). The molecule has 0 saturated carbocycles. The Morgan fingerprint density at radius 2 is 1.63 bits per heavy atom. The average Bonchev–Trinajstić information content (AvgIpc) is 3.26. The highest BCUT2D eigenvalue weighted by atomic mass is 16.7.